The number of aromatic hydroxyl groups is 1. The number of hydrogen-bond acceptors (Lipinski definition) is 3. The van der Waals surface area contributed by atoms with E-state index < -0.39 is 0 Å². The summed E-state index contributed by atoms with van der Waals surface area (Å²) in [5.74, 6) is 0.863. The van der Waals surface area contributed by atoms with Crippen molar-refractivity contribution in [2.75, 3.05) is 6.54 Å². The highest BCUT2D eigenvalue weighted by Crippen LogP contribution is 2.32. The van der Waals surface area contributed by atoms with Crippen LogP contribution in [0.5, 0.6) is 5.75 Å². The molecule has 0 radical (unpaired) electrons. The molecule has 2 atom stereocenters. The molecule has 3 nitrogen and oxygen atoms in total. The topological polar surface area (TPSA) is 49.3 Å². The average molecular weight is 233 g/mol. The molecule has 0 saturated carbocycles. The second-order valence-electron chi connectivity index (χ2n) is 4.63. The minimum Gasteiger partial charge on any atom is -0.508 e. The van der Waals surface area contributed by atoms with Crippen molar-refractivity contribution in [2.45, 2.75) is 38.1 Å². The first-order chi connectivity index (χ1) is 8.22. The number of benzene rings is 1. The van der Waals surface area contributed by atoms with E-state index in [-0.39, 0.29) is 12.0 Å². The predicted octanol–water partition coefficient (Wildman–Crippen LogP) is 2.21. The van der Waals surface area contributed by atoms with E-state index in [2.05, 4.69) is 12.2 Å². The molecule has 2 rings (SSSR count). The van der Waals surface area contributed by atoms with Crippen molar-refractivity contribution in [3.05, 3.63) is 29.8 Å². The number of phenolic OH excluding ortho intramolecular Hbond substituents is 1. The van der Waals surface area contributed by atoms with Crippen molar-refractivity contribution in [1.29, 1.82) is 0 Å². The van der Waals surface area contributed by atoms with Crippen LogP contribution in [0.1, 0.15) is 37.7 Å². The third kappa shape index (κ3) is 2.67. The Bertz CT molecular complexity index is 403. The third-order valence-electron chi connectivity index (χ3n) is 3.52. The maximum absolute atomic E-state index is 11.5. The summed E-state index contributed by atoms with van der Waals surface area (Å²) in [4.78, 5) is 11.5. The Hall–Kier alpha value is -1.35. The first-order valence-electron chi connectivity index (χ1n) is 6.25. The number of nitrogens with one attached hydrogen (secondary N) is 1. The Balaban J connectivity index is 2.21. The minimum absolute atomic E-state index is 0.162. The molecule has 2 unspecified atom stereocenters. The van der Waals surface area contributed by atoms with E-state index in [0.717, 1.165) is 18.5 Å². The lowest BCUT2D eigenvalue weighted by Gasteiger charge is -2.30. The summed E-state index contributed by atoms with van der Waals surface area (Å²) in [5.41, 5.74) is 0.946. The standard InChI is InChI=1S/C14H19NO2/c1-2-11(12-5-3-4-6-14(12)17)13-9-10(16)7-8-15-13/h3-6,11,13,15,17H,2,7-9H2,1H3. The normalized spacial score (nSPS) is 22.4. The van der Waals surface area contributed by atoms with Crippen molar-refractivity contribution < 1.29 is 9.90 Å². The largest absolute Gasteiger partial charge is 0.508 e. The van der Waals surface area contributed by atoms with Crippen molar-refractivity contribution in [3.63, 3.8) is 0 Å². The molecule has 1 aromatic rings. The zero-order valence-electron chi connectivity index (χ0n) is 10.1. The summed E-state index contributed by atoms with van der Waals surface area (Å²) in [5, 5.41) is 13.3. The van der Waals surface area contributed by atoms with Crippen molar-refractivity contribution in [1.82, 2.24) is 5.32 Å². The molecule has 1 aliphatic heterocycles. The molecule has 0 aromatic heterocycles. The van der Waals surface area contributed by atoms with Crippen molar-refractivity contribution >= 4 is 5.78 Å². The monoisotopic (exact) mass is 233 g/mol. The first-order valence-corrected chi connectivity index (χ1v) is 6.25. The van der Waals surface area contributed by atoms with Gasteiger partial charge in [-0.3, -0.25) is 4.79 Å². The highest BCUT2D eigenvalue weighted by Gasteiger charge is 2.28. The van der Waals surface area contributed by atoms with Gasteiger partial charge in [-0.1, -0.05) is 25.1 Å². The molecular formula is C14H19NO2. The van der Waals surface area contributed by atoms with Crippen LogP contribution in [0, 0.1) is 0 Å². The molecule has 92 valence electrons. The molecule has 0 bridgehead atoms. The van der Waals surface area contributed by atoms with Crippen molar-refractivity contribution in [2.24, 2.45) is 0 Å². The van der Waals surface area contributed by atoms with Crippen LogP contribution in [-0.2, 0) is 4.79 Å². The summed E-state index contributed by atoms with van der Waals surface area (Å²) in [7, 11) is 0. The van der Waals surface area contributed by atoms with Crippen LogP contribution in [0.3, 0.4) is 0 Å². The second kappa shape index (κ2) is 5.32. The summed E-state index contributed by atoms with van der Waals surface area (Å²) in [6.07, 6.45) is 2.13. The number of phenols is 1. The number of para-hydroxylation sites is 1. The lowest BCUT2D eigenvalue weighted by atomic mass is 9.84. The number of hydrogen-bond donors (Lipinski definition) is 2. The van der Waals surface area contributed by atoms with Gasteiger partial charge in [0.25, 0.3) is 0 Å². The number of rotatable bonds is 3. The van der Waals surface area contributed by atoms with Gasteiger partial charge in [-0.25, -0.2) is 0 Å². The van der Waals surface area contributed by atoms with Crippen LogP contribution in [0.25, 0.3) is 0 Å². The van der Waals surface area contributed by atoms with Crippen LogP contribution >= 0.6 is 0 Å². The lowest BCUT2D eigenvalue weighted by molar-refractivity contribution is -0.120. The fourth-order valence-corrected chi connectivity index (χ4v) is 2.62. The molecule has 0 amide bonds. The van der Waals surface area contributed by atoms with E-state index in [1.54, 1.807) is 6.07 Å². The second-order valence-corrected chi connectivity index (χ2v) is 4.63. The molecule has 1 heterocycles. The summed E-state index contributed by atoms with van der Waals surface area (Å²) >= 11 is 0. The van der Waals surface area contributed by atoms with E-state index in [4.69, 9.17) is 0 Å². The lowest BCUT2D eigenvalue weighted by Crippen LogP contribution is -2.42. The Labute approximate surface area is 102 Å². The van der Waals surface area contributed by atoms with Crippen LogP contribution in [0.2, 0.25) is 0 Å². The Morgan fingerprint density at radius 3 is 2.88 bits per heavy atom. The summed E-state index contributed by atoms with van der Waals surface area (Å²) in [6.45, 7) is 2.85. The van der Waals surface area contributed by atoms with Crippen molar-refractivity contribution in [3.8, 4) is 5.75 Å². The van der Waals surface area contributed by atoms with Gasteiger partial charge in [0.15, 0.2) is 0 Å². The SMILES string of the molecule is CCC(c1ccccc1O)C1CC(=O)CCN1. The molecule has 0 aliphatic carbocycles. The fraction of sp³-hybridized carbons (Fsp3) is 0.500. The highest BCUT2D eigenvalue weighted by molar-refractivity contribution is 5.80. The van der Waals surface area contributed by atoms with E-state index >= 15 is 0 Å². The predicted molar refractivity (Wildman–Crippen MR) is 67.2 cm³/mol. The zero-order chi connectivity index (χ0) is 12.3. The summed E-state index contributed by atoms with van der Waals surface area (Å²) < 4.78 is 0. The maximum atomic E-state index is 11.5. The van der Waals surface area contributed by atoms with Crippen LogP contribution < -0.4 is 5.32 Å². The maximum Gasteiger partial charge on any atom is 0.135 e. The van der Waals surface area contributed by atoms with Crippen LogP contribution in [0.4, 0.5) is 0 Å². The fourth-order valence-electron chi connectivity index (χ4n) is 2.62. The van der Waals surface area contributed by atoms with E-state index in [9.17, 15) is 9.90 Å². The molecule has 0 spiro atoms. The van der Waals surface area contributed by atoms with Gasteiger partial charge < -0.3 is 10.4 Å². The van der Waals surface area contributed by atoms with Gasteiger partial charge in [0.05, 0.1) is 0 Å². The molecule has 17 heavy (non-hydrogen) atoms. The van der Waals surface area contributed by atoms with Gasteiger partial charge in [-0.15, -0.1) is 0 Å². The highest BCUT2D eigenvalue weighted by atomic mass is 16.3. The Morgan fingerprint density at radius 2 is 2.24 bits per heavy atom. The number of carbonyl (C=O) groups is 1. The van der Waals surface area contributed by atoms with Gasteiger partial charge in [-0.05, 0) is 18.1 Å². The molecule has 1 aromatic carbocycles. The number of Topliss-reactive ketones (excluding diaryl/α,β-unsaturated/α-hetero) is 1. The van der Waals surface area contributed by atoms with Crippen LogP contribution in [0.15, 0.2) is 24.3 Å². The number of piperidine rings is 1. The summed E-state index contributed by atoms with van der Waals surface area (Å²) in [6, 6.07) is 7.58. The Kier molecular flexibility index (Phi) is 3.79. The van der Waals surface area contributed by atoms with E-state index in [1.807, 2.05) is 18.2 Å². The van der Waals surface area contributed by atoms with Gasteiger partial charge in [0.1, 0.15) is 11.5 Å². The first kappa shape index (κ1) is 12.1. The smallest absolute Gasteiger partial charge is 0.135 e. The molecule has 1 saturated heterocycles. The van der Waals surface area contributed by atoms with E-state index in [0.29, 0.717) is 24.4 Å². The van der Waals surface area contributed by atoms with Gasteiger partial charge in [-0.2, -0.15) is 0 Å². The van der Waals surface area contributed by atoms with E-state index in [1.165, 1.54) is 0 Å². The average Bonchev–Trinajstić information content (AvgIpc) is 2.33. The number of ketones is 1. The molecular weight excluding hydrogens is 214 g/mol. The van der Waals surface area contributed by atoms with Gasteiger partial charge in [0.2, 0.25) is 0 Å². The Morgan fingerprint density at radius 1 is 1.47 bits per heavy atom. The van der Waals surface area contributed by atoms with Gasteiger partial charge >= 0.3 is 0 Å². The van der Waals surface area contributed by atoms with Gasteiger partial charge in [0, 0.05) is 31.3 Å². The van der Waals surface area contributed by atoms with Crippen LogP contribution in [-0.4, -0.2) is 23.5 Å². The minimum atomic E-state index is 0.162. The molecule has 1 fully saturated rings. The molecule has 3 heteroatoms. The zero-order valence-corrected chi connectivity index (χ0v) is 10.1. The molecule has 2 N–H and O–H groups in total. The third-order valence-corrected chi connectivity index (χ3v) is 3.52. The number of carbonyl (C=O) groups excluding carboxylic acids is 1. The quantitative estimate of drug-likeness (QED) is 0.841. The molecule has 1 aliphatic rings.